The number of likely N-dealkylation sites (N-methyl/N-ethyl adjacent to an activating group) is 1. The van der Waals surface area contributed by atoms with Crippen molar-refractivity contribution in [1.29, 1.82) is 0 Å². The summed E-state index contributed by atoms with van der Waals surface area (Å²) in [6, 6.07) is -0.0526. The number of nitrogens with one attached hydrogen (secondary N) is 1. The van der Waals surface area contributed by atoms with E-state index in [1.165, 1.54) is 0 Å². The van der Waals surface area contributed by atoms with E-state index < -0.39 is 0 Å². The van der Waals surface area contributed by atoms with Gasteiger partial charge in [0.25, 0.3) is 0 Å². The second kappa shape index (κ2) is 9.63. The standard InChI is InChI=1S/C11H21AsN2O3/c1-9(16)10(14(2)12)5-3-4-7-13-11(17)6-8-15/h10,15H,3-8H2,1-2H3,(H,13,17). The maximum absolute atomic E-state index is 11.3. The number of rotatable bonds is 9. The summed E-state index contributed by atoms with van der Waals surface area (Å²) in [5, 5.41) is 11.2. The van der Waals surface area contributed by atoms with Crippen LogP contribution >= 0.6 is 0 Å². The van der Waals surface area contributed by atoms with E-state index in [9.17, 15) is 9.59 Å². The molecule has 2 radical (unpaired) electrons. The number of aliphatic hydroxyl groups is 1. The van der Waals surface area contributed by atoms with Gasteiger partial charge >= 0.3 is 111 Å². The molecule has 0 aromatic carbocycles. The van der Waals surface area contributed by atoms with Gasteiger partial charge in [-0.2, -0.15) is 0 Å². The summed E-state index contributed by atoms with van der Waals surface area (Å²) in [6.07, 6.45) is 2.70. The maximum atomic E-state index is 11.3. The van der Waals surface area contributed by atoms with Crippen LogP contribution in [-0.2, 0) is 9.59 Å². The molecule has 0 spiro atoms. The van der Waals surface area contributed by atoms with Crippen molar-refractivity contribution in [2.45, 2.75) is 38.6 Å². The normalized spacial score (nSPS) is 12.5. The Bertz CT molecular complexity index is 247. The summed E-state index contributed by atoms with van der Waals surface area (Å²) in [6.45, 7) is 2.08. The zero-order chi connectivity index (χ0) is 13.3. The number of hydrogen-bond donors (Lipinski definition) is 2. The molecule has 0 aliphatic rings. The van der Waals surface area contributed by atoms with E-state index in [-0.39, 0.29) is 30.8 Å². The zero-order valence-electron chi connectivity index (χ0n) is 10.5. The minimum atomic E-state index is -0.125. The minimum absolute atomic E-state index is 0.0526. The van der Waals surface area contributed by atoms with Crippen LogP contribution in [0.25, 0.3) is 0 Å². The van der Waals surface area contributed by atoms with E-state index in [1.807, 2.05) is 10.9 Å². The van der Waals surface area contributed by atoms with Gasteiger partial charge in [-0.15, -0.1) is 0 Å². The molecule has 0 fully saturated rings. The number of Topliss-reactive ketones (excluding diaryl/α,β-unsaturated/α-hetero) is 1. The van der Waals surface area contributed by atoms with E-state index in [1.54, 1.807) is 6.92 Å². The number of amides is 1. The van der Waals surface area contributed by atoms with Gasteiger partial charge in [-0.3, -0.25) is 0 Å². The van der Waals surface area contributed by atoms with Crippen LogP contribution in [0.2, 0.25) is 0 Å². The monoisotopic (exact) mass is 304 g/mol. The predicted molar refractivity (Wildman–Crippen MR) is 66.5 cm³/mol. The third-order valence-electron chi connectivity index (χ3n) is 2.49. The van der Waals surface area contributed by atoms with Gasteiger partial charge in [0.2, 0.25) is 0 Å². The first kappa shape index (κ1) is 16.6. The van der Waals surface area contributed by atoms with Gasteiger partial charge in [0.15, 0.2) is 0 Å². The van der Waals surface area contributed by atoms with Crippen molar-refractivity contribution in [3.8, 4) is 0 Å². The second-order valence-electron chi connectivity index (χ2n) is 4.02. The number of hydrogen-bond acceptors (Lipinski definition) is 4. The summed E-state index contributed by atoms with van der Waals surface area (Å²) in [4.78, 5) is 22.3. The van der Waals surface area contributed by atoms with Crippen molar-refractivity contribution in [2.75, 3.05) is 20.2 Å². The van der Waals surface area contributed by atoms with Gasteiger partial charge in [0.1, 0.15) is 0 Å². The number of unbranched alkanes of at least 4 members (excludes halogenated alkanes) is 1. The Hall–Kier alpha value is -0.382. The van der Waals surface area contributed by atoms with Gasteiger partial charge in [-0.05, 0) is 0 Å². The summed E-state index contributed by atoms with van der Waals surface area (Å²) in [5.74, 6) is 0.0392. The molecule has 0 saturated heterocycles. The van der Waals surface area contributed by atoms with Crippen molar-refractivity contribution in [2.24, 2.45) is 0 Å². The molecule has 5 nitrogen and oxygen atoms in total. The molecule has 1 unspecified atom stereocenters. The second-order valence-corrected chi connectivity index (χ2v) is 5.34. The van der Waals surface area contributed by atoms with Gasteiger partial charge in [-0.1, -0.05) is 0 Å². The zero-order valence-corrected chi connectivity index (χ0v) is 12.4. The van der Waals surface area contributed by atoms with Crippen molar-refractivity contribution >= 4 is 28.8 Å². The molecule has 1 amide bonds. The van der Waals surface area contributed by atoms with Crippen LogP contribution in [0.1, 0.15) is 32.6 Å². The van der Waals surface area contributed by atoms with Gasteiger partial charge in [0, 0.05) is 0 Å². The Morgan fingerprint density at radius 1 is 1.41 bits per heavy atom. The average Bonchev–Trinajstić information content (AvgIpc) is 2.22. The fraction of sp³-hybridized carbons (Fsp3) is 0.818. The Kier molecular flexibility index (Phi) is 9.41. The molecule has 1 atom stereocenters. The fourth-order valence-electron chi connectivity index (χ4n) is 1.53. The topological polar surface area (TPSA) is 69.6 Å². The summed E-state index contributed by atoms with van der Waals surface area (Å²) in [7, 11) is 1.87. The SMILES string of the molecule is CC(=O)C(CCCCNC(=O)CCO)N(C)[As]. The molecular formula is C11H21AsN2O3. The molecule has 0 aromatic heterocycles. The van der Waals surface area contributed by atoms with Crippen LogP contribution in [-0.4, -0.2) is 63.9 Å². The molecule has 0 heterocycles. The van der Waals surface area contributed by atoms with Crippen molar-refractivity contribution in [3.63, 3.8) is 0 Å². The predicted octanol–water partition coefficient (Wildman–Crippen LogP) is -0.372. The third kappa shape index (κ3) is 8.36. The Morgan fingerprint density at radius 3 is 2.53 bits per heavy atom. The molecule has 0 rings (SSSR count). The van der Waals surface area contributed by atoms with E-state index in [2.05, 4.69) is 22.4 Å². The summed E-state index contributed by atoms with van der Waals surface area (Å²) >= 11 is 2.36. The first-order valence-electron chi connectivity index (χ1n) is 5.78. The summed E-state index contributed by atoms with van der Waals surface area (Å²) in [5.41, 5.74) is 0. The number of nitrogens with zero attached hydrogens (tertiary/aromatic N) is 1. The van der Waals surface area contributed by atoms with Gasteiger partial charge in [0.05, 0.1) is 0 Å². The average molecular weight is 304 g/mol. The van der Waals surface area contributed by atoms with Crippen LogP contribution in [0.15, 0.2) is 0 Å². The number of carbonyl (C=O) groups excluding carboxylic acids is 2. The van der Waals surface area contributed by atoms with Crippen molar-refractivity contribution in [3.05, 3.63) is 0 Å². The van der Waals surface area contributed by atoms with Crippen LogP contribution < -0.4 is 5.32 Å². The van der Waals surface area contributed by atoms with Gasteiger partial charge in [-0.25, -0.2) is 0 Å². The van der Waals surface area contributed by atoms with Crippen LogP contribution in [0, 0.1) is 0 Å². The van der Waals surface area contributed by atoms with E-state index in [0.29, 0.717) is 6.54 Å². The fourth-order valence-corrected chi connectivity index (χ4v) is 2.12. The number of aliphatic hydroxyl groups excluding tert-OH is 1. The molecule has 17 heavy (non-hydrogen) atoms. The molecule has 0 bridgehead atoms. The molecule has 0 aromatic rings. The van der Waals surface area contributed by atoms with E-state index in [0.717, 1.165) is 19.3 Å². The Morgan fingerprint density at radius 2 is 2.06 bits per heavy atom. The van der Waals surface area contributed by atoms with Crippen LogP contribution in [0.4, 0.5) is 0 Å². The third-order valence-corrected chi connectivity index (χ3v) is 3.07. The molecular weight excluding hydrogens is 283 g/mol. The van der Waals surface area contributed by atoms with Crippen LogP contribution in [0.5, 0.6) is 0 Å². The molecule has 0 aliphatic carbocycles. The number of carbonyl (C=O) groups is 2. The van der Waals surface area contributed by atoms with Crippen molar-refractivity contribution < 1.29 is 14.7 Å². The van der Waals surface area contributed by atoms with Gasteiger partial charge < -0.3 is 0 Å². The number of ketones is 1. The molecule has 2 N–H and O–H groups in total. The molecule has 0 aliphatic heterocycles. The van der Waals surface area contributed by atoms with E-state index >= 15 is 0 Å². The first-order chi connectivity index (χ1) is 7.99. The quantitative estimate of drug-likeness (QED) is 0.450. The molecule has 0 saturated carbocycles. The first-order valence-corrected chi connectivity index (χ1v) is 6.62. The van der Waals surface area contributed by atoms with Crippen molar-refractivity contribution in [1.82, 2.24) is 9.13 Å². The Labute approximate surface area is 112 Å². The van der Waals surface area contributed by atoms with Crippen LogP contribution in [0.3, 0.4) is 0 Å². The Balaban J connectivity index is 3.62. The summed E-state index contributed by atoms with van der Waals surface area (Å²) < 4.78 is 1.86. The van der Waals surface area contributed by atoms with E-state index in [4.69, 9.17) is 5.11 Å². The molecule has 6 heteroatoms. The molecule has 98 valence electrons.